The third kappa shape index (κ3) is 4.50. The van der Waals surface area contributed by atoms with Gasteiger partial charge < -0.3 is 9.64 Å². The van der Waals surface area contributed by atoms with Crippen LogP contribution in [0.1, 0.15) is 49.8 Å². The smallest absolute Gasteiger partial charge is 0.0637 e. The first-order valence-corrected chi connectivity index (χ1v) is 10.7. The van der Waals surface area contributed by atoms with E-state index in [9.17, 15) is 0 Å². The molecule has 0 bridgehead atoms. The maximum Gasteiger partial charge on any atom is 0.0637 e. The Labute approximate surface area is 169 Å². The van der Waals surface area contributed by atoms with Crippen LogP contribution in [-0.4, -0.2) is 26.8 Å². The highest BCUT2D eigenvalue weighted by Gasteiger charge is 2.25. The molecule has 0 aliphatic carbocycles. The Morgan fingerprint density at radius 1 is 1.11 bits per heavy atom. The summed E-state index contributed by atoms with van der Waals surface area (Å²) in [6, 6.07) is 10.9. The van der Waals surface area contributed by atoms with Crippen molar-refractivity contribution in [3.05, 3.63) is 52.0 Å². The Kier molecular flexibility index (Phi) is 7.20. The molecule has 3 heteroatoms. The van der Waals surface area contributed by atoms with E-state index in [1.54, 1.807) is 7.11 Å². The fraction of sp³-hybridized carbons (Fsp3) is 0.500. The molecule has 27 heavy (non-hydrogen) atoms. The number of fused-ring (bicyclic) bond motifs is 1. The van der Waals surface area contributed by atoms with Crippen LogP contribution in [-0.2, 0) is 24.0 Å². The molecule has 146 valence electrons. The quantitative estimate of drug-likeness (QED) is 0.527. The van der Waals surface area contributed by atoms with E-state index in [1.807, 2.05) is 6.07 Å². The number of hydrogen-bond donors (Lipinski definition) is 0. The highest BCUT2D eigenvalue weighted by molar-refractivity contribution is 6.30. The molecule has 0 spiro atoms. The van der Waals surface area contributed by atoms with Crippen molar-refractivity contribution in [1.82, 2.24) is 0 Å². The van der Waals surface area contributed by atoms with Crippen molar-refractivity contribution in [2.45, 2.75) is 52.4 Å². The number of methoxy groups -OCH3 is 1. The van der Waals surface area contributed by atoms with Crippen LogP contribution in [0.5, 0.6) is 0 Å². The average Bonchev–Trinajstić information content (AvgIpc) is 2.67. The van der Waals surface area contributed by atoms with E-state index < -0.39 is 0 Å². The molecule has 2 aromatic carbocycles. The summed E-state index contributed by atoms with van der Waals surface area (Å²) in [5.74, 6) is 0. The van der Waals surface area contributed by atoms with Gasteiger partial charge in [0.05, 0.1) is 6.61 Å². The number of rotatable bonds is 8. The maximum absolute atomic E-state index is 6.39. The fourth-order valence-corrected chi connectivity index (χ4v) is 4.55. The Hall–Kier alpha value is -1.51. The topological polar surface area (TPSA) is 12.5 Å². The summed E-state index contributed by atoms with van der Waals surface area (Å²) >= 11 is 6.39. The van der Waals surface area contributed by atoms with Gasteiger partial charge in [-0.15, -0.1) is 0 Å². The van der Waals surface area contributed by atoms with Crippen LogP contribution < -0.4 is 4.90 Å². The average molecular weight is 386 g/mol. The summed E-state index contributed by atoms with van der Waals surface area (Å²) < 4.78 is 5.40. The van der Waals surface area contributed by atoms with E-state index in [-0.39, 0.29) is 0 Å². The molecule has 1 aliphatic heterocycles. The summed E-state index contributed by atoms with van der Waals surface area (Å²) in [5, 5.41) is 0.809. The SMILES string of the molecule is CCCc1cc2c(c(-c3cccc(Cl)c3)c1CCC)N(CCOC)CCC2. The van der Waals surface area contributed by atoms with Gasteiger partial charge in [-0.2, -0.15) is 0 Å². The van der Waals surface area contributed by atoms with Gasteiger partial charge in [0.2, 0.25) is 0 Å². The predicted octanol–water partition coefficient (Wildman–Crippen LogP) is 6.31. The lowest BCUT2D eigenvalue weighted by atomic mass is 9.84. The van der Waals surface area contributed by atoms with Crippen molar-refractivity contribution in [2.75, 3.05) is 31.7 Å². The fourth-order valence-electron chi connectivity index (χ4n) is 4.36. The summed E-state index contributed by atoms with van der Waals surface area (Å²) in [6.45, 7) is 7.35. The van der Waals surface area contributed by atoms with Gasteiger partial charge in [0.25, 0.3) is 0 Å². The lowest BCUT2D eigenvalue weighted by Crippen LogP contribution is -2.33. The number of aryl methyl sites for hydroxylation is 2. The first kappa shape index (κ1) is 20.2. The van der Waals surface area contributed by atoms with Gasteiger partial charge in [0.1, 0.15) is 0 Å². The maximum atomic E-state index is 6.39. The molecule has 0 aromatic heterocycles. The normalized spacial score (nSPS) is 13.7. The van der Waals surface area contributed by atoms with E-state index in [0.717, 1.165) is 50.4 Å². The number of halogens is 1. The lowest BCUT2D eigenvalue weighted by molar-refractivity contribution is 0.205. The Morgan fingerprint density at radius 3 is 2.63 bits per heavy atom. The van der Waals surface area contributed by atoms with E-state index in [0.29, 0.717) is 0 Å². The Bertz CT molecular complexity index is 771. The zero-order valence-corrected chi connectivity index (χ0v) is 17.7. The summed E-state index contributed by atoms with van der Waals surface area (Å²) in [5.41, 5.74) is 8.63. The zero-order chi connectivity index (χ0) is 19.2. The van der Waals surface area contributed by atoms with Gasteiger partial charge in [-0.25, -0.2) is 0 Å². The molecule has 2 aromatic rings. The van der Waals surface area contributed by atoms with Crippen LogP contribution in [0, 0.1) is 0 Å². The van der Waals surface area contributed by atoms with Gasteiger partial charge in [-0.1, -0.05) is 56.5 Å². The molecule has 3 rings (SSSR count). The molecule has 0 radical (unpaired) electrons. The standard InChI is InChI=1S/C24H32ClNO/c1-4-8-18-16-20-11-7-13-26(14-15-27-3)24(20)23(22(18)9-5-2)19-10-6-12-21(25)17-19/h6,10,12,16-17H,4-5,7-9,11,13-15H2,1-3H3. The largest absolute Gasteiger partial charge is 0.383 e. The molecule has 0 N–H and O–H groups in total. The third-order valence-corrected chi connectivity index (χ3v) is 5.70. The molecule has 0 saturated carbocycles. The summed E-state index contributed by atoms with van der Waals surface area (Å²) in [6.07, 6.45) is 6.97. The third-order valence-electron chi connectivity index (χ3n) is 5.47. The second kappa shape index (κ2) is 9.61. The zero-order valence-electron chi connectivity index (χ0n) is 17.0. The monoisotopic (exact) mass is 385 g/mol. The van der Waals surface area contributed by atoms with E-state index in [2.05, 4.69) is 43.0 Å². The lowest BCUT2D eigenvalue weighted by Gasteiger charge is -2.35. The van der Waals surface area contributed by atoms with Crippen molar-refractivity contribution in [3.8, 4) is 11.1 Å². The molecule has 0 unspecified atom stereocenters. The van der Waals surface area contributed by atoms with Crippen LogP contribution in [0.25, 0.3) is 11.1 Å². The molecule has 0 atom stereocenters. The summed E-state index contributed by atoms with van der Waals surface area (Å²) in [7, 11) is 1.79. The van der Waals surface area contributed by atoms with Crippen LogP contribution >= 0.6 is 11.6 Å². The Morgan fingerprint density at radius 2 is 1.93 bits per heavy atom. The minimum Gasteiger partial charge on any atom is -0.383 e. The van der Waals surface area contributed by atoms with Crippen molar-refractivity contribution < 1.29 is 4.74 Å². The van der Waals surface area contributed by atoms with Crippen LogP contribution in [0.3, 0.4) is 0 Å². The minimum atomic E-state index is 0.758. The molecule has 0 amide bonds. The predicted molar refractivity (Wildman–Crippen MR) is 117 cm³/mol. The van der Waals surface area contributed by atoms with Crippen molar-refractivity contribution >= 4 is 17.3 Å². The minimum absolute atomic E-state index is 0.758. The van der Waals surface area contributed by atoms with Gasteiger partial charge in [0.15, 0.2) is 0 Å². The van der Waals surface area contributed by atoms with Crippen LogP contribution in [0.15, 0.2) is 30.3 Å². The van der Waals surface area contributed by atoms with Gasteiger partial charge in [-0.05, 0) is 60.1 Å². The number of nitrogens with zero attached hydrogens (tertiary/aromatic N) is 1. The van der Waals surface area contributed by atoms with Crippen molar-refractivity contribution in [3.63, 3.8) is 0 Å². The molecular formula is C24H32ClNO. The van der Waals surface area contributed by atoms with E-state index in [1.165, 1.54) is 46.3 Å². The van der Waals surface area contributed by atoms with E-state index >= 15 is 0 Å². The molecule has 0 fully saturated rings. The van der Waals surface area contributed by atoms with E-state index in [4.69, 9.17) is 16.3 Å². The molecule has 2 nitrogen and oxygen atoms in total. The molecule has 1 heterocycles. The van der Waals surface area contributed by atoms with Crippen LogP contribution in [0.2, 0.25) is 5.02 Å². The van der Waals surface area contributed by atoms with Crippen LogP contribution in [0.4, 0.5) is 5.69 Å². The molecular weight excluding hydrogens is 354 g/mol. The van der Waals surface area contributed by atoms with Crippen molar-refractivity contribution in [1.29, 1.82) is 0 Å². The number of ether oxygens (including phenoxy) is 1. The second-order valence-electron chi connectivity index (χ2n) is 7.49. The second-order valence-corrected chi connectivity index (χ2v) is 7.93. The van der Waals surface area contributed by atoms with Crippen molar-refractivity contribution in [2.24, 2.45) is 0 Å². The van der Waals surface area contributed by atoms with Gasteiger partial charge >= 0.3 is 0 Å². The highest BCUT2D eigenvalue weighted by atomic mass is 35.5. The Balaban J connectivity index is 2.25. The molecule has 0 saturated heterocycles. The number of benzene rings is 2. The summed E-state index contributed by atoms with van der Waals surface area (Å²) in [4.78, 5) is 2.54. The first-order chi connectivity index (χ1) is 13.2. The first-order valence-electron chi connectivity index (χ1n) is 10.4. The number of hydrogen-bond acceptors (Lipinski definition) is 2. The number of anilines is 1. The van der Waals surface area contributed by atoms with Gasteiger partial charge in [-0.3, -0.25) is 0 Å². The van der Waals surface area contributed by atoms with Gasteiger partial charge in [0, 0.05) is 36.5 Å². The highest BCUT2D eigenvalue weighted by Crippen LogP contribution is 2.43. The molecule has 1 aliphatic rings.